The van der Waals surface area contributed by atoms with Gasteiger partial charge in [0.05, 0.1) is 16.2 Å². The minimum Gasteiger partial charge on any atom is -0.486 e. The van der Waals surface area contributed by atoms with Crippen molar-refractivity contribution in [2.24, 2.45) is 0 Å². The summed E-state index contributed by atoms with van der Waals surface area (Å²) in [4.78, 5) is 4.46. The molecule has 0 saturated carbocycles. The van der Waals surface area contributed by atoms with Crippen molar-refractivity contribution in [1.29, 1.82) is 0 Å². The molecule has 1 spiro atoms. The zero-order valence-corrected chi connectivity index (χ0v) is 60.1. The Morgan fingerprint density at radius 1 is 0.297 bits per heavy atom. The van der Waals surface area contributed by atoms with E-state index in [-0.39, 0.29) is 29.4 Å². The fourth-order valence-electron chi connectivity index (χ4n) is 18.7. The van der Waals surface area contributed by atoms with Crippen LogP contribution in [0.4, 0.5) is 51.7 Å². The molecule has 8 heteroatoms. The van der Waals surface area contributed by atoms with Gasteiger partial charge in [-0.25, -0.2) is 17.6 Å². The van der Waals surface area contributed by atoms with Crippen molar-refractivity contribution in [1.82, 2.24) is 0 Å². The fraction of sp³-hybridized carbons (Fsp3) is 0.0485. The van der Waals surface area contributed by atoms with Gasteiger partial charge in [0.1, 0.15) is 46.6 Å². The molecule has 0 N–H and O–H groups in total. The van der Waals surface area contributed by atoms with Crippen LogP contribution in [0.5, 0.6) is 17.2 Å². The third kappa shape index (κ3) is 10.4. The Hall–Kier alpha value is -13.8. The van der Waals surface area contributed by atoms with Gasteiger partial charge < -0.3 is 19.3 Å². The highest BCUT2D eigenvalue weighted by Crippen LogP contribution is 2.66. The van der Waals surface area contributed by atoms with Crippen LogP contribution in [-0.4, -0.2) is 6.10 Å². The zero-order chi connectivity index (χ0) is 74.7. The molecule has 111 heavy (non-hydrogen) atoms. The van der Waals surface area contributed by atoms with Crippen LogP contribution < -0.4 is 19.3 Å². The van der Waals surface area contributed by atoms with Crippen LogP contribution in [0.1, 0.15) is 78.7 Å². The summed E-state index contributed by atoms with van der Waals surface area (Å²) < 4.78 is 75.1. The molecule has 4 nitrogen and oxygen atoms in total. The molecule has 5 aliphatic carbocycles. The van der Waals surface area contributed by atoms with E-state index >= 15 is 17.6 Å². The Labute approximate surface area is 642 Å². The third-order valence-electron chi connectivity index (χ3n) is 23.4. The quantitative estimate of drug-likeness (QED) is 0.0900. The number of hydrogen-bond acceptors (Lipinski definition) is 4. The molecule has 0 radical (unpaired) electrons. The summed E-state index contributed by atoms with van der Waals surface area (Å²) in [6, 6.07) is 113. The number of hydrogen-bond donors (Lipinski definition) is 0. The van der Waals surface area contributed by atoms with Crippen molar-refractivity contribution < 1.29 is 27.0 Å². The lowest BCUT2D eigenvalue weighted by atomic mass is 9.67. The number of benzene rings is 15. The Balaban J connectivity index is 0.760. The van der Waals surface area contributed by atoms with E-state index < -0.39 is 16.2 Å². The van der Waals surface area contributed by atoms with Crippen molar-refractivity contribution >= 4 is 40.2 Å². The Bertz CT molecular complexity index is 6320. The minimum absolute atomic E-state index is 0.151. The zero-order valence-electron chi connectivity index (χ0n) is 60.1. The van der Waals surface area contributed by atoms with E-state index in [1.165, 1.54) is 36.4 Å². The largest absolute Gasteiger partial charge is 0.486 e. The average molecular weight is 1440 g/mol. The topological polar surface area (TPSA) is 24.9 Å². The highest BCUT2D eigenvalue weighted by molar-refractivity contribution is 5.99. The summed E-state index contributed by atoms with van der Waals surface area (Å²) in [5, 5.41) is 0. The lowest BCUT2D eigenvalue weighted by Crippen LogP contribution is -2.29. The number of anilines is 6. The molecule has 0 aromatic heterocycles. The second kappa shape index (κ2) is 26.3. The normalized spacial score (nSPS) is 17.4. The van der Waals surface area contributed by atoms with Crippen LogP contribution in [0.15, 0.2) is 383 Å². The molecule has 20 rings (SSSR count). The molecule has 0 saturated heterocycles. The van der Waals surface area contributed by atoms with Crippen LogP contribution in [0.25, 0.3) is 50.6 Å². The number of nitrogens with zero attached hydrogens (tertiary/aromatic N) is 2. The number of rotatable bonds is 16. The van der Waals surface area contributed by atoms with E-state index in [9.17, 15) is 0 Å². The van der Waals surface area contributed by atoms with Crippen molar-refractivity contribution in [3.05, 3.63) is 478 Å². The summed E-state index contributed by atoms with van der Waals surface area (Å²) >= 11 is 0. The lowest BCUT2D eigenvalue weighted by molar-refractivity contribution is 0.251. The van der Waals surface area contributed by atoms with Gasteiger partial charge in [-0.15, -0.1) is 0 Å². The Morgan fingerprint density at radius 2 is 0.595 bits per heavy atom. The average Bonchev–Trinajstić information content (AvgIpc) is 1.51. The van der Waals surface area contributed by atoms with Gasteiger partial charge in [0.25, 0.3) is 0 Å². The maximum Gasteiger partial charge on any atom is 0.127 e. The first-order valence-electron chi connectivity index (χ1n) is 37.4. The summed E-state index contributed by atoms with van der Waals surface area (Å²) in [6.07, 6.45) is 10.4. The second-order valence-corrected chi connectivity index (χ2v) is 29.1. The van der Waals surface area contributed by atoms with Gasteiger partial charge in [0.2, 0.25) is 0 Å². The predicted molar refractivity (Wildman–Crippen MR) is 440 cm³/mol. The number of fused-ring (bicyclic) bond motifs is 16. The molecular weight excluding hydrogens is 1370 g/mol. The molecule has 4 unspecified atom stereocenters. The molecule has 0 bridgehead atoms. The molecule has 0 fully saturated rings. The second-order valence-electron chi connectivity index (χ2n) is 29.1. The van der Waals surface area contributed by atoms with Gasteiger partial charge in [-0.2, -0.15) is 0 Å². The van der Waals surface area contributed by atoms with Crippen molar-refractivity contribution in [3.63, 3.8) is 0 Å². The third-order valence-corrected chi connectivity index (χ3v) is 23.4. The van der Waals surface area contributed by atoms with Gasteiger partial charge in [0.15, 0.2) is 0 Å². The summed E-state index contributed by atoms with van der Waals surface area (Å²) in [5.41, 5.74) is 24.6. The first kappa shape index (κ1) is 66.6. The number of allylic oxidation sites excluding steroid dienone is 3. The predicted octanol–water partition coefficient (Wildman–Crippen LogP) is 26.5. The van der Waals surface area contributed by atoms with Gasteiger partial charge in [0, 0.05) is 40.5 Å². The molecule has 15 aromatic carbocycles. The molecular formula is C103H68F4N2O2. The first-order valence-corrected chi connectivity index (χ1v) is 37.4. The summed E-state index contributed by atoms with van der Waals surface area (Å²) in [7, 11) is 0. The first-order chi connectivity index (χ1) is 54.5. The van der Waals surface area contributed by atoms with Crippen LogP contribution in [0.2, 0.25) is 0 Å². The number of ether oxygens (including phenoxy) is 2. The number of halogens is 4. The molecule has 15 aromatic rings. The van der Waals surface area contributed by atoms with E-state index in [1.54, 1.807) is 18.2 Å². The maximum atomic E-state index is 15.6. The lowest BCUT2D eigenvalue weighted by Gasteiger charge is -2.35. The van der Waals surface area contributed by atoms with E-state index in [0.29, 0.717) is 17.9 Å². The van der Waals surface area contributed by atoms with E-state index in [4.69, 9.17) is 9.47 Å². The van der Waals surface area contributed by atoms with Gasteiger partial charge in [-0.05, 0) is 286 Å². The Kier molecular flexibility index (Phi) is 15.8. The smallest absolute Gasteiger partial charge is 0.127 e. The molecule has 530 valence electrons. The molecule has 4 atom stereocenters. The van der Waals surface area contributed by atoms with Crippen LogP contribution in [-0.2, 0) is 16.2 Å². The van der Waals surface area contributed by atoms with Gasteiger partial charge in [-0.1, -0.05) is 219 Å². The summed E-state index contributed by atoms with van der Waals surface area (Å²) in [6.45, 7) is 7.87. The highest BCUT2D eigenvalue weighted by Gasteiger charge is 2.53. The maximum absolute atomic E-state index is 15.6. The van der Waals surface area contributed by atoms with Gasteiger partial charge >= 0.3 is 0 Å². The standard InChI is InChI=1S/C103H68F4N2O2/c1-3-65-21-49-81(50-22-65)110-83-53-29-69(30-54-83)101(67-25-33-71(104)34-26-67)93-17-9-5-13-85(93)89-57-45-77(61-97(89)101)108(75-41-37-73(106)38-42-75)79-47-59-91-87-15-7-11-19-95(87)103(99(91)63-79)96-20-12-8-16-88(96)92-60-48-80(64-100(92)103)109(76-43-39-74(107)40-44-76)78-46-58-90-86-14-6-10-18-94(86)102(98(90)62-78,68-27-35-72(105)36-28-68)70-31-55-84(56-32-70)111-82-51-23-66(4-2)24-52-82/h3-51,53-64,82H,1-2,52H2. The van der Waals surface area contributed by atoms with Gasteiger partial charge in [-0.3, -0.25) is 0 Å². The van der Waals surface area contributed by atoms with E-state index in [0.717, 1.165) is 162 Å². The highest BCUT2D eigenvalue weighted by atomic mass is 19.1. The molecule has 5 aliphatic rings. The van der Waals surface area contributed by atoms with Crippen LogP contribution in [0.3, 0.4) is 0 Å². The monoisotopic (exact) mass is 1440 g/mol. The molecule has 0 amide bonds. The van der Waals surface area contributed by atoms with E-state index in [2.05, 4.69) is 229 Å². The molecule has 0 aliphatic heterocycles. The van der Waals surface area contributed by atoms with Crippen LogP contribution >= 0.6 is 0 Å². The summed E-state index contributed by atoms with van der Waals surface area (Å²) in [5.74, 6) is 0.656. The van der Waals surface area contributed by atoms with E-state index in [1.807, 2.05) is 109 Å². The fourth-order valence-corrected chi connectivity index (χ4v) is 18.7. The minimum atomic E-state index is -0.963. The van der Waals surface area contributed by atoms with Crippen molar-refractivity contribution in [3.8, 4) is 61.8 Å². The van der Waals surface area contributed by atoms with Crippen molar-refractivity contribution in [2.75, 3.05) is 9.80 Å². The molecule has 0 heterocycles. The Morgan fingerprint density at radius 3 is 0.937 bits per heavy atom. The van der Waals surface area contributed by atoms with Crippen LogP contribution in [0, 0.1) is 23.3 Å². The SMILES string of the molecule is C=CC1=CCC(Oc2ccc(C3(c4ccc(F)cc4)c4ccccc4-c4ccc(N(c5ccc(F)cc5)c5ccc6c(c5)C5(c7ccccc7-c7ccc(N(c8ccc(F)cc8)c8ccc9c(c8)C(c8ccc(F)cc8)(c8ccc(Oc%10ccc(C=C)cc%10)cc8)c8ccccc8-9)cc75)c5ccccc5-6)cc43)cc2)C=C1. The van der Waals surface area contributed by atoms with Crippen molar-refractivity contribution in [2.45, 2.75) is 28.8 Å².